The van der Waals surface area contributed by atoms with E-state index in [0.29, 0.717) is 18.1 Å². The van der Waals surface area contributed by atoms with Crippen molar-refractivity contribution in [3.8, 4) is 10.7 Å². The van der Waals surface area contributed by atoms with Gasteiger partial charge in [-0.25, -0.2) is 0 Å². The molecule has 0 saturated carbocycles. The number of thiophene rings is 1. The number of piperazine rings is 1. The Labute approximate surface area is 191 Å². The molecular weight excluding hydrogens is 420 g/mol. The summed E-state index contributed by atoms with van der Waals surface area (Å²) in [5.74, 6) is 1.58. The topological polar surface area (TPSA) is 62.5 Å². The summed E-state index contributed by atoms with van der Waals surface area (Å²) >= 11 is 1.61. The van der Waals surface area contributed by atoms with Crippen LogP contribution in [0.2, 0.25) is 0 Å². The van der Waals surface area contributed by atoms with E-state index in [1.165, 1.54) is 10.8 Å². The quantitative estimate of drug-likeness (QED) is 0.424. The Morgan fingerprint density at radius 2 is 1.84 bits per heavy atom. The Morgan fingerprint density at radius 3 is 2.69 bits per heavy atom. The van der Waals surface area contributed by atoms with Gasteiger partial charge >= 0.3 is 0 Å². The SMILES string of the molecule is O=C(Cc1cccc2ccccc12)N1CCN(CCCc2nc(-c3cccs3)no2)CC1. The lowest BCUT2D eigenvalue weighted by atomic mass is 10.0. The van der Waals surface area contributed by atoms with Crippen molar-refractivity contribution in [2.45, 2.75) is 19.3 Å². The molecule has 1 saturated heterocycles. The van der Waals surface area contributed by atoms with Crippen molar-refractivity contribution in [2.75, 3.05) is 32.7 Å². The second kappa shape index (κ2) is 9.63. The van der Waals surface area contributed by atoms with Crippen LogP contribution in [-0.4, -0.2) is 58.6 Å². The number of aromatic nitrogens is 2. The Hall–Kier alpha value is -3.03. The number of fused-ring (bicyclic) bond motifs is 1. The van der Waals surface area contributed by atoms with Crippen molar-refractivity contribution in [1.29, 1.82) is 0 Å². The van der Waals surface area contributed by atoms with Crippen LogP contribution >= 0.6 is 11.3 Å². The number of aryl methyl sites for hydroxylation is 1. The number of amides is 1. The largest absolute Gasteiger partial charge is 0.340 e. The standard InChI is InChI=1S/C25H26N4O2S/c30-24(18-20-8-3-7-19-6-1-2-9-21(19)20)29-15-13-28(14-16-29)12-4-11-23-26-25(27-31-23)22-10-5-17-32-22/h1-3,5-10,17H,4,11-16,18H2. The number of hydrogen-bond donors (Lipinski definition) is 0. The average Bonchev–Trinajstić information content (AvgIpc) is 3.52. The highest BCUT2D eigenvalue weighted by molar-refractivity contribution is 7.13. The van der Waals surface area contributed by atoms with Crippen molar-refractivity contribution in [2.24, 2.45) is 0 Å². The predicted molar refractivity (Wildman–Crippen MR) is 127 cm³/mol. The molecule has 32 heavy (non-hydrogen) atoms. The molecule has 1 aliphatic rings. The van der Waals surface area contributed by atoms with Gasteiger partial charge in [-0.1, -0.05) is 53.7 Å². The van der Waals surface area contributed by atoms with Crippen molar-refractivity contribution < 1.29 is 9.32 Å². The molecule has 0 N–H and O–H groups in total. The molecule has 7 heteroatoms. The van der Waals surface area contributed by atoms with Crippen LogP contribution in [0.5, 0.6) is 0 Å². The van der Waals surface area contributed by atoms with Gasteiger partial charge in [-0.05, 0) is 40.7 Å². The van der Waals surface area contributed by atoms with Crippen LogP contribution < -0.4 is 0 Å². The molecule has 0 aliphatic carbocycles. The van der Waals surface area contributed by atoms with Gasteiger partial charge in [0.15, 0.2) is 0 Å². The lowest BCUT2D eigenvalue weighted by molar-refractivity contribution is -0.132. The predicted octanol–water partition coefficient (Wildman–Crippen LogP) is 4.27. The van der Waals surface area contributed by atoms with Gasteiger partial charge in [-0.15, -0.1) is 11.3 Å². The fourth-order valence-corrected chi connectivity index (χ4v) is 4.91. The first-order valence-electron chi connectivity index (χ1n) is 11.1. The fraction of sp³-hybridized carbons (Fsp3) is 0.320. The maximum atomic E-state index is 12.9. The Morgan fingerprint density at radius 1 is 1.00 bits per heavy atom. The summed E-state index contributed by atoms with van der Waals surface area (Å²) in [6.45, 7) is 4.36. The highest BCUT2D eigenvalue weighted by Gasteiger charge is 2.21. The van der Waals surface area contributed by atoms with Crippen LogP contribution in [0.3, 0.4) is 0 Å². The van der Waals surface area contributed by atoms with Gasteiger partial charge in [0.05, 0.1) is 11.3 Å². The number of hydrogen-bond acceptors (Lipinski definition) is 6. The number of benzene rings is 2. The molecule has 5 rings (SSSR count). The highest BCUT2D eigenvalue weighted by atomic mass is 32.1. The first kappa shape index (κ1) is 20.8. The van der Waals surface area contributed by atoms with Gasteiger partial charge in [0, 0.05) is 32.6 Å². The molecule has 2 aromatic carbocycles. The molecule has 164 valence electrons. The zero-order valence-electron chi connectivity index (χ0n) is 17.9. The van der Waals surface area contributed by atoms with Crippen LogP contribution in [0.15, 0.2) is 64.5 Å². The maximum absolute atomic E-state index is 12.9. The second-order valence-electron chi connectivity index (χ2n) is 8.13. The second-order valence-corrected chi connectivity index (χ2v) is 9.08. The van der Waals surface area contributed by atoms with Crippen LogP contribution in [-0.2, 0) is 17.6 Å². The Bertz CT molecular complexity index is 1170. The number of nitrogens with zero attached hydrogens (tertiary/aromatic N) is 4. The van der Waals surface area contributed by atoms with Crippen LogP contribution in [0.25, 0.3) is 21.5 Å². The third-order valence-corrected chi connectivity index (χ3v) is 6.89. The van der Waals surface area contributed by atoms with E-state index in [1.54, 1.807) is 11.3 Å². The van der Waals surface area contributed by atoms with E-state index in [4.69, 9.17) is 4.52 Å². The fourth-order valence-electron chi connectivity index (χ4n) is 4.26. The summed E-state index contributed by atoms with van der Waals surface area (Å²) in [5.41, 5.74) is 1.11. The summed E-state index contributed by atoms with van der Waals surface area (Å²) in [6.07, 6.45) is 2.21. The first-order chi connectivity index (χ1) is 15.8. The first-order valence-corrected chi connectivity index (χ1v) is 12.0. The van der Waals surface area contributed by atoms with E-state index >= 15 is 0 Å². The number of carbonyl (C=O) groups excluding carboxylic acids is 1. The van der Waals surface area contributed by atoms with E-state index in [2.05, 4.69) is 39.3 Å². The van der Waals surface area contributed by atoms with E-state index in [0.717, 1.165) is 56.0 Å². The molecule has 0 unspecified atom stereocenters. The summed E-state index contributed by atoms with van der Waals surface area (Å²) in [4.78, 5) is 22.8. The molecule has 0 spiro atoms. The van der Waals surface area contributed by atoms with Crippen LogP contribution in [0.4, 0.5) is 0 Å². The van der Waals surface area contributed by atoms with Gasteiger partial charge in [-0.2, -0.15) is 4.98 Å². The van der Waals surface area contributed by atoms with E-state index < -0.39 is 0 Å². The van der Waals surface area contributed by atoms with Crippen molar-refractivity contribution in [3.63, 3.8) is 0 Å². The minimum absolute atomic E-state index is 0.216. The summed E-state index contributed by atoms with van der Waals surface area (Å²) < 4.78 is 5.39. The van der Waals surface area contributed by atoms with Gasteiger partial charge in [0.25, 0.3) is 0 Å². The van der Waals surface area contributed by atoms with Gasteiger partial charge < -0.3 is 9.42 Å². The Balaban J connectivity index is 1.08. The molecular formula is C25H26N4O2S. The maximum Gasteiger partial charge on any atom is 0.227 e. The summed E-state index contributed by atoms with van der Waals surface area (Å²) in [6, 6.07) is 18.5. The van der Waals surface area contributed by atoms with Crippen molar-refractivity contribution in [1.82, 2.24) is 19.9 Å². The van der Waals surface area contributed by atoms with Gasteiger partial charge in [0.2, 0.25) is 17.6 Å². The molecule has 0 bridgehead atoms. The zero-order valence-corrected chi connectivity index (χ0v) is 18.8. The molecule has 2 aromatic heterocycles. The van der Waals surface area contributed by atoms with Crippen LogP contribution in [0, 0.1) is 0 Å². The van der Waals surface area contributed by atoms with Crippen molar-refractivity contribution in [3.05, 3.63) is 71.4 Å². The molecule has 4 aromatic rings. The Kier molecular flexibility index (Phi) is 6.27. The number of carbonyl (C=O) groups is 1. The smallest absolute Gasteiger partial charge is 0.227 e. The minimum Gasteiger partial charge on any atom is -0.340 e. The van der Waals surface area contributed by atoms with Crippen molar-refractivity contribution >= 4 is 28.0 Å². The lowest BCUT2D eigenvalue weighted by Gasteiger charge is -2.34. The summed E-state index contributed by atoms with van der Waals surface area (Å²) in [5, 5.41) is 8.44. The van der Waals surface area contributed by atoms with Crippen LogP contribution in [0.1, 0.15) is 17.9 Å². The van der Waals surface area contributed by atoms with E-state index in [9.17, 15) is 4.79 Å². The van der Waals surface area contributed by atoms with Gasteiger partial charge in [0.1, 0.15) is 0 Å². The number of rotatable bonds is 7. The molecule has 1 amide bonds. The highest BCUT2D eigenvalue weighted by Crippen LogP contribution is 2.22. The molecule has 1 fully saturated rings. The third-order valence-electron chi connectivity index (χ3n) is 6.02. The third kappa shape index (κ3) is 4.74. The molecule has 3 heterocycles. The molecule has 1 aliphatic heterocycles. The molecule has 0 radical (unpaired) electrons. The zero-order chi connectivity index (χ0) is 21.8. The van der Waals surface area contributed by atoms with E-state index in [-0.39, 0.29) is 5.91 Å². The summed E-state index contributed by atoms with van der Waals surface area (Å²) in [7, 11) is 0. The normalized spacial score (nSPS) is 14.8. The van der Waals surface area contributed by atoms with E-state index in [1.807, 2.05) is 40.6 Å². The van der Waals surface area contributed by atoms with Gasteiger partial charge in [-0.3, -0.25) is 9.69 Å². The lowest BCUT2D eigenvalue weighted by Crippen LogP contribution is -2.49. The molecule has 0 atom stereocenters. The minimum atomic E-state index is 0.216. The average molecular weight is 447 g/mol. The monoisotopic (exact) mass is 446 g/mol. The molecule has 6 nitrogen and oxygen atoms in total.